The zero-order valence-electron chi connectivity index (χ0n) is 12.8. The van der Waals surface area contributed by atoms with E-state index in [-0.39, 0.29) is 5.91 Å². The molecule has 0 aliphatic heterocycles. The van der Waals surface area contributed by atoms with E-state index >= 15 is 0 Å². The van der Waals surface area contributed by atoms with Crippen LogP contribution in [-0.4, -0.2) is 27.9 Å². The molecule has 0 spiro atoms. The number of pyridine rings is 1. The lowest BCUT2D eigenvalue weighted by molar-refractivity contribution is -0.133. The molecular formula is C18H21N3O. The molecule has 1 aromatic carbocycles. The number of hydrogen-bond acceptors (Lipinski definition) is 3. The minimum Gasteiger partial charge on any atom is -0.334 e. The molecule has 1 aliphatic carbocycles. The van der Waals surface area contributed by atoms with E-state index in [1.165, 1.54) is 0 Å². The van der Waals surface area contributed by atoms with Crippen molar-refractivity contribution in [3.05, 3.63) is 54.4 Å². The zero-order valence-corrected chi connectivity index (χ0v) is 12.8. The van der Waals surface area contributed by atoms with Gasteiger partial charge in [-0.3, -0.25) is 9.78 Å². The second kappa shape index (κ2) is 6.28. The monoisotopic (exact) mass is 295 g/mol. The fraction of sp³-hybridized carbons (Fsp3) is 0.333. The van der Waals surface area contributed by atoms with Gasteiger partial charge in [0.05, 0.1) is 6.04 Å². The molecule has 0 unspecified atom stereocenters. The van der Waals surface area contributed by atoms with Gasteiger partial charge in [0, 0.05) is 25.0 Å². The lowest BCUT2D eigenvalue weighted by Gasteiger charge is -2.24. The molecule has 1 heterocycles. The molecule has 0 radical (unpaired) electrons. The highest BCUT2D eigenvalue weighted by Gasteiger charge is 2.33. The van der Waals surface area contributed by atoms with Gasteiger partial charge in [-0.15, -0.1) is 0 Å². The Hall–Kier alpha value is -2.20. The molecule has 1 aromatic heterocycles. The van der Waals surface area contributed by atoms with E-state index in [1.54, 1.807) is 13.1 Å². The third-order valence-corrected chi connectivity index (χ3v) is 3.94. The summed E-state index contributed by atoms with van der Waals surface area (Å²) in [5.74, 6) is 0.0364. The SMILES string of the molecule is C[C@@H](N)C(=O)N(Cc1cccc(-c2cccnc2)c1)C1CC1. The maximum Gasteiger partial charge on any atom is 0.239 e. The minimum absolute atomic E-state index is 0.0364. The highest BCUT2D eigenvalue weighted by atomic mass is 16.2. The molecule has 2 N–H and O–H groups in total. The van der Waals surface area contributed by atoms with Crippen LogP contribution < -0.4 is 5.73 Å². The van der Waals surface area contributed by atoms with Crippen molar-refractivity contribution in [2.75, 3.05) is 0 Å². The van der Waals surface area contributed by atoms with Gasteiger partial charge >= 0.3 is 0 Å². The molecule has 4 heteroatoms. The Morgan fingerprint density at radius 3 is 2.73 bits per heavy atom. The van der Waals surface area contributed by atoms with Crippen molar-refractivity contribution in [1.29, 1.82) is 0 Å². The second-order valence-electron chi connectivity index (χ2n) is 5.93. The normalized spacial score (nSPS) is 15.4. The highest BCUT2D eigenvalue weighted by molar-refractivity contribution is 5.81. The standard InChI is InChI=1S/C18H21N3O/c1-13(19)18(22)21(17-7-8-17)12-14-4-2-5-15(10-14)16-6-3-9-20-11-16/h2-6,9-11,13,17H,7-8,12,19H2,1H3/t13-/m1/s1. The molecule has 114 valence electrons. The average molecular weight is 295 g/mol. The first-order valence-electron chi connectivity index (χ1n) is 7.70. The van der Waals surface area contributed by atoms with Crippen LogP contribution in [0.3, 0.4) is 0 Å². The predicted octanol–water partition coefficient (Wildman–Crippen LogP) is 2.59. The number of aromatic nitrogens is 1. The summed E-state index contributed by atoms with van der Waals surface area (Å²) in [6.07, 6.45) is 5.79. The maximum absolute atomic E-state index is 12.3. The van der Waals surface area contributed by atoms with Crippen molar-refractivity contribution >= 4 is 5.91 Å². The third-order valence-electron chi connectivity index (χ3n) is 3.94. The summed E-state index contributed by atoms with van der Waals surface area (Å²) < 4.78 is 0. The van der Waals surface area contributed by atoms with Crippen LogP contribution in [-0.2, 0) is 11.3 Å². The number of benzene rings is 1. The molecule has 0 saturated heterocycles. The van der Waals surface area contributed by atoms with E-state index in [9.17, 15) is 4.79 Å². The van der Waals surface area contributed by atoms with Crippen molar-refractivity contribution in [2.45, 2.75) is 38.4 Å². The van der Waals surface area contributed by atoms with Crippen LogP contribution in [0.25, 0.3) is 11.1 Å². The Morgan fingerprint density at radius 2 is 2.09 bits per heavy atom. The lowest BCUT2D eigenvalue weighted by Crippen LogP contribution is -2.42. The van der Waals surface area contributed by atoms with E-state index in [2.05, 4.69) is 23.2 Å². The predicted molar refractivity (Wildman–Crippen MR) is 86.9 cm³/mol. The molecule has 0 bridgehead atoms. The average Bonchev–Trinajstić information content (AvgIpc) is 3.38. The molecule has 1 saturated carbocycles. The van der Waals surface area contributed by atoms with Gasteiger partial charge in [0.25, 0.3) is 0 Å². The van der Waals surface area contributed by atoms with Gasteiger partial charge in [-0.05, 0) is 48.6 Å². The summed E-state index contributed by atoms with van der Waals surface area (Å²) in [6, 6.07) is 12.2. The van der Waals surface area contributed by atoms with Gasteiger partial charge in [0.2, 0.25) is 5.91 Å². The van der Waals surface area contributed by atoms with Gasteiger partial charge in [0.1, 0.15) is 0 Å². The fourth-order valence-electron chi connectivity index (χ4n) is 2.61. The number of nitrogens with two attached hydrogens (primary N) is 1. The Labute approximate surface area is 131 Å². The first kappa shape index (κ1) is 14.7. The second-order valence-corrected chi connectivity index (χ2v) is 5.93. The minimum atomic E-state index is -0.442. The van der Waals surface area contributed by atoms with Crippen LogP contribution >= 0.6 is 0 Å². The van der Waals surface area contributed by atoms with Crippen LogP contribution in [0.15, 0.2) is 48.8 Å². The van der Waals surface area contributed by atoms with Crippen LogP contribution in [0.4, 0.5) is 0 Å². The smallest absolute Gasteiger partial charge is 0.239 e. The van der Waals surface area contributed by atoms with Crippen molar-refractivity contribution in [1.82, 2.24) is 9.88 Å². The summed E-state index contributed by atoms with van der Waals surface area (Å²) in [5.41, 5.74) is 9.11. The lowest BCUT2D eigenvalue weighted by atomic mass is 10.0. The molecule has 3 rings (SSSR count). The molecule has 4 nitrogen and oxygen atoms in total. The van der Waals surface area contributed by atoms with Gasteiger partial charge in [-0.25, -0.2) is 0 Å². The molecule has 1 fully saturated rings. The van der Waals surface area contributed by atoms with Crippen LogP contribution in [0.2, 0.25) is 0 Å². The highest BCUT2D eigenvalue weighted by Crippen LogP contribution is 2.29. The van der Waals surface area contributed by atoms with Crippen LogP contribution in [0.1, 0.15) is 25.3 Å². The first-order valence-corrected chi connectivity index (χ1v) is 7.70. The number of hydrogen-bond donors (Lipinski definition) is 1. The van der Waals surface area contributed by atoms with Crippen molar-refractivity contribution in [2.24, 2.45) is 5.73 Å². The molecular weight excluding hydrogens is 274 g/mol. The number of nitrogens with zero attached hydrogens (tertiary/aromatic N) is 2. The number of carbonyl (C=O) groups excluding carboxylic acids is 1. The van der Waals surface area contributed by atoms with Crippen molar-refractivity contribution < 1.29 is 4.79 Å². The Kier molecular flexibility index (Phi) is 4.20. The summed E-state index contributed by atoms with van der Waals surface area (Å²) >= 11 is 0. The Bertz CT molecular complexity index is 650. The topological polar surface area (TPSA) is 59.2 Å². The quantitative estimate of drug-likeness (QED) is 0.922. The summed E-state index contributed by atoms with van der Waals surface area (Å²) in [6.45, 7) is 2.38. The molecule has 1 aliphatic rings. The van der Waals surface area contributed by atoms with E-state index in [1.807, 2.05) is 29.3 Å². The van der Waals surface area contributed by atoms with Gasteiger partial charge < -0.3 is 10.6 Å². The van der Waals surface area contributed by atoms with E-state index in [4.69, 9.17) is 5.73 Å². The molecule has 1 amide bonds. The number of rotatable bonds is 5. The van der Waals surface area contributed by atoms with Crippen molar-refractivity contribution in [3.63, 3.8) is 0 Å². The molecule has 2 aromatic rings. The van der Waals surface area contributed by atoms with Crippen LogP contribution in [0, 0.1) is 0 Å². The molecule has 22 heavy (non-hydrogen) atoms. The van der Waals surface area contributed by atoms with Crippen LogP contribution in [0.5, 0.6) is 0 Å². The third kappa shape index (κ3) is 3.34. The van der Waals surface area contributed by atoms with E-state index in [0.717, 1.165) is 29.5 Å². The Morgan fingerprint density at radius 1 is 1.32 bits per heavy atom. The summed E-state index contributed by atoms with van der Waals surface area (Å²) in [4.78, 5) is 18.4. The number of amides is 1. The van der Waals surface area contributed by atoms with Gasteiger partial charge in [0.15, 0.2) is 0 Å². The van der Waals surface area contributed by atoms with Crippen molar-refractivity contribution in [3.8, 4) is 11.1 Å². The Balaban J connectivity index is 1.81. The first-order chi connectivity index (χ1) is 10.6. The zero-order chi connectivity index (χ0) is 15.5. The largest absolute Gasteiger partial charge is 0.334 e. The van der Waals surface area contributed by atoms with Gasteiger partial charge in [-0.1, -0.05) is 24.3 Å². The summed E-state index contributed by atoms with van der Waals surface area (Å²) in [7, 11) is 0. The van der Waals surface area contributed by atoms with E-state index < -0.39 is 6.04 Å². The van der Waals surface area contributed by atoms with Gasteiger partial charge in [-0.2, -0.15) is 0 Å². The maximum atomic E-state index is 12.3. The summed E-state index contributed by atoms with van der Waals surface area (Å²) in [5, 5.41) is 0. The van der Waals surface area contributed by atoms with E-state index in [0.29, 0.717) is 12.6 Å². The number of carbonyl (C=O) groups is 1. The molecule has 1 atom stereocenters. The fourth-order valence-corrected chi connectivity index (χ4v) is 2.61.